The lowest BCUT2D eigenvalue weighted by Gasteiger charge is -2.21. The maximum absolute atomic E-state index is 12.6. The van der Waals surface area contributed by atoms with Gasteiger partial charge < -0.3 is 10.4 Å². The fourth-order valence-electron chi connectivity index (χ4n) is 3.28. The molecule has 1 amide bonds. The van der Waals surface area contributed by atoms with Crippen LogP contribution < -0.4 is 5.32 Å². The van der Waals surface area contributed by atoms with E-state index in [1.54, 1.807) is 4.68 Å². The molecular weight excluding hydrogens is 328 g/mol. The molecule has 6 nitrogen and oxygen atoms in total. The van der Waals surface area contributed by atoms with Gasteiger partial charge in [0.25, 0.3) is 0 Å². The second-order valence-electron chi connectivity index (χ2n) is 7.91. The number of amides is 1. The zero-order chi connectivity index (χ0) is 18.7. The Labute approximate surface area is 154 Å². The van der Waals surface area contributed by atoms with Crippen molar-refractivity contribution in [1.29, 1.82) is 0 Å². The molecule has 6 heteroatoms. The Kier molecular flexibility index (Phi) is 5.44. The van der Waals surface area contributed by atoms with Crippen molar-refractivity contribution >= 4 is 11.7 Å². The van der Waals surface area contributed by atoms with Crippen molar-refractivity contribution in [3.8, 4) is 5.69 Å². The van der Waals surface area contributed by atoms with Crippen LogP contribution in [0.2, 0.25) is 0 Å². The van der Waals surface area contributed by atoms with Gasteiger partial charge in [-0.15, -0.1) is 0 Å². The fourth-order valence-corrected chi connectivity index (χ4v) is 3.28. The first kappa shape index (κ1) is 18.6. The maximum Gasteiger partial charge on any atom is 0.239 e. The molecule has 0 bridgehead atoms. The molecule has 2 heterocycles. The summed E-state index contributed by atoms with van der Waals surface area (Å²) in [4.78, 5) is 14.6. The van der Waals surface area contributed by atoms with Gasteiger partial charge in [-0.25, -0.2) is 4.68 Å². The zero-order valence-electron chi connectivity index (χ0n) is 15.8. The second kappa shape index (κ2) is 7.60. The molecule has 1 aliphatic rings. The molecule has 1 atom stereocenters. The van der Waals surface area contributed by atoms with Gasteiger partial charge in [-0.2, -0.15) is 5.10 Å². The Morgan fingerprint density at radius 2 is 2.04 bits per heavy atom. The number of carbonyl (C=O) groups excluding carboxylic acids is 1. The molecule has 3 rings (SSSR count). The van der Waals surface area contributed by atoms with Crippen LogP contribution in [0.15, 0.2) is 36.4 Å². The van der Waals surface area contributed by atoms with Gasteiger partial charge >= 0.3 is 0 Å². The summed E-state index contributed by atoms with van der Waals surface area (Å²) < 4.78 is 1.78. The second-order valence-corrected chi connectivity index (χ2v) is 7.91. The normalized spacial score (nSPS) is 18.2. The molecule has 0 saturated carbocycles. The van der Waals surface area contributed by atoms with Crippen molar-refractivity contribution in [2.45, 2.75) is 45.1 Å². The molecule has 26 heavy (non-hydrogen) atoms. The summed E-state index contributed by atoms with van der Waals surface area (Å²) in [5.74, 6) is 0.591. The average molecular weight is 356 g/mol. The van der Waals surface area contributed by atoms with Crippen LogP contribution in [0.3, 0.4) is 0 Å². The number of aliphatic hydroxyl groups excluding tert-OH is 1. The number of likely N-dealkylation sites (tertiary alicyclic amines) is 1. The number of anilines is 1. The van der Waals surface area contributed by atoms with Crippen LogP contribution in [0.25, 0.3) is 5.69 Å². The summed E-state index contributed by atoms with van der Waals surface area (Å²) in [6, 6.07) is 11.8. The van der Waals surface area contributed by atoms with Crippen LogP contribution in [-0.4, -0.2) is 51.4 Å². The van der Waals surface area contributed by atoms with Gasteiger partial charge in [0.05, 0.1) is 24.5 Å². The lowest BCUT2D eigenvalue weighted by molar-refractivity contribution is -0.117. The van der Waals surface area contributed by atoms with Gasteiger partial charge in [-0.3, -0.25) is 9.69 Å². The Morgan fingerprint density at radius 3 is 2.69 bits per heavy atom. The smallest absolute Gasteiger partial charge is 0.239 e. The highest BCUT2D eigenvalue weighted by molar-refractivity contribution is 5.91. The monoisotopic (exact) mass is 356 g/mol. The average Bonchev–Trinajstić information content (AvgIpc) is 3.22. The number of rotatable bonds is 5. The number of aliphatic hydroxyl groups is 1. The van der Waals surface area contributed by atoms with Gasteiger partial charge in [0.1, 0.15) is 5.82 Å². The highest BCUT2D eigenvalue weighted by Gasteiger charge is 2.26. The molecule has 1 aromatic carbocycles. The summed E-state index contributed by atoms with van der Waals surface area (Å²) in [5.41, 5.74) is 1.72. The van der Waals surface area contributed by atoms with Crippen LogP contribution in [-0.2, 0) is 10.2 Å². The Balaban J connectivity index is 1.82. The highest BCUT2D eigenvalue weighted by Crippen LogP contribution is 2.26. The minimum Gasteiger partial charge on any atom is -0.395 e. The zero-order valence-corrected chi connectivity index (χ0v) is 15.8. The predicted octanol–water partition coefficient (Wildman–Crippen LogP) is 2.57. The minimum absolute atomic E-state index is 0.0807. The Bertz CT molecular complexity index is 749. The molecule has 2 aromatic rings. The van der Waals surface area contributed by atoms with Gasteiger partial charge in [0.15, 0.2) is 0 Å². The van der Waals surface area contributed by atoms with Gasteiger partial charge in [-0.05, 0) is 31.5 Å². The third kappa shape index (κ3) is 4.14. The van der Waals surface area contributed by atoms with E-state index in [1.807, 2.05) is 41.3 Å². The lowest BCUT2D eigenvalue weighted by atomic mass is 9.92. The fraction of sp³-hybridized carbons (Fsp3) is 0.500. The number of carbonyl (C=O) groups is 1. The SMILES string of the molecule is CC(C)(C)c1cc(NC(=O)CN2CCC[C@@H]2CO)n(-c2ccccc2)n1. The van der Waals surface area contributed by atoms with Gasteiger partial charge in [-0.1, -0.05) is 39.0 Å². The molecule has 0 aliphatic carbocycles. The van der Waals surface area contributed by atoms with Crippen LogP contribution in [0.5, 0.6) is 0 Å². The third-order valence-electron chi connectivity index (χ3n) is 4.80. The highest BCUT2D eigenvalue weighted by atomic mass is 16.3. The van der Waals surface area contributed by atoms with Crippen molar-refractivity contribution in [3.05, 3.63) is 42.1 Å². The number of para-hydroxylation sites is 1. The van der Waals surface area contributed by atoms with E-state index in [4.69, 9.17) is 5.10 Å². The summed E-state index contributed by atoms with van der Waals surface area (Å²) in [7, 11) is 0. The van der Waals surface area contributed by atoms with Gasteiger partial charge in [0, 0.05) is 17.5 Å². The molecule has 0 unspecified atom stereocenters. The van der Waals surface area contributed by atoms with E-state index in [-0.39, 0.29) is 30.5 Å². The summed E-state index contributed by atoms with van der Waals surface area (Å²) in [6.45, 7) is 7.55. The maximum atomic E-state index is 12.6. The number of nitrogens with one attached hydrogen (secondary N) is 1. The molecule has 0 radical (unpaired) electrons. The Hall–Kier alpha value is -2.18. The summed E-state index contributed by atoms with van der Waals surface area (Å²) in [6.07, 6.45) is 1.97. The van der Waals surface area contributed by atoms with Crippen molar-refractivity contribution in [2.24, 2.45) is 0 Å². The van der Waals surface area contributed by atoms with E-state index in [1.165, 1.54) is 0 Å². The number of hydrogen-bond acceptors (Lipinski definition) is 4. The van der Waals surface area contributed by atoms with Crippen molar-refractivity contribution in [3.63, 3.8) is 0 Å². The number of nitrogens with zero attached hydrogens (tertiary/aromatic N) is 3. The molecule has 1 aromatic heterocycles. The van der Waals surface area contributed by atoms with E-state index >= 15 is 0 Å². The van der Waals surface area contributed by atoms with Crippen molar-refractivity contribution < 1.29 is 9.90 Å². The first-order valence-electron chi connectivity index (χ1n) is 9.19. The molecular formula is C20H28N4O2. The van der Waals surface area contributed by atoms with Crippen LogP contribution >= 0.6 is 0 Å². The largest absolute Gasteiger partial charge is 0.395 e. The van der Waals surface area contributed by atoms with Crippen LogP contribution in [0, 0.1) is 0 Å². The first-order chi connectivity index (χ1) is 12.4. The van der Waals surface area contributed by atoms with E-state index < -0.39 is 0 Å². The topological polar surface area (TPSA) is 70.4 Å². The van der Waals surface area contributed by atoms with E-state index in [0.29, 0.717) is 5.82 Å². The van der Waals surface area contributed by atoms with E-state index in [0.717, 1.165) is 30.8 Å². The molecule has 1 saturated heterocycles. The number of hydrogen-bond donors (Lipinski definition) is 2. The molecule has 0 spiro atoms. The van der Waals surface area contributed by atoms with Crippen LogP contribution in [0.4, 0.5) is 5.82 Å². The minimum atomic E-state index is -0.115. The summed E-state index contributed by atoms with van der Waals surface area (Å²) in [5, 5.41) is 17.2. The third-order valence-corrected chi connectivity index (χ3v) is 4.80. The number of benzene rings is 1. The molecule has 140 valence electrons. The number of aromatic nitrogens is 2. The van der Waals surface area contributed by atoms with E-state index in [2.05, 4.69) is 26.1 Å². The molecule has 1 aliphatic heterocycles. The molecule has 1 fully saturated rings. The van der Waals surface area contributed by atoms with Gasteiger partial charge in [0.2, 0.25) is 5.91 Å². The molecule has 2 N–H and O–H groups in total. The van der Waals surface area contributed by atoms with Crippen molar-refractivity contribution in [2.75, 3.05) is 25.0 Å². The quantitative estimate of drug-likeness (QED) is 0.864. The standard InChI is InChI=1S/C20H28N4O2/c1-20(2,3)17-12-18(24(22-17)15-8-5-4-6-9-15)21-19(26)13-23-11-7-10-16(23)14-25/h4-6,8-9,12,16,25H,7,10-11,13-14H2,1-3H3,(H,21,26)/t16-/m1/s1. The van der Waals surface area contributed by atoms with Crippen molar-refractivity contribution in [1.82, 2.24) is 14.7 Å². The Morgan fingerprint density at radius 1 is 1.31 bits per heavy atom. The van der Waals surface area contributed by atoms with E-state index in [9.17, 15) is 9.90 Å². The predicted molar refractivity (Wildman–Crippen MR) is 103 cm³/mol. The summed E-state index contributed by atoms with van der Waals surface area (Å²) >= 11 is 0. The van der Waals surface area contributed by atoms with Crippen LogP contribution in [0.1, 0.15) is 39.3 Å². The first-order valence-corrected chi connectivity index (χ1v) is 9.19. The lowest BCUT2D eigenvalue weighted by Crippen LogP contribution is -2.38.